The SMILES string of the molecule is [2H]C([2H])([2H])n1[c](=[Pt])n(C2CCCCc3ccc(Oc4ccc5c6ccccc6n(-c6cc(C(C)(C)C)ccn6)c5c4)cc32)c2ccccc21. The minimum atomic E-state index is -2.29. The van der Waals surface area contributed by atoms with Crippen LogP contribution in [0.3, 0.4) is 0 Å². The molecule has 3 heterocycles. The number of fused-ring (bicyclic) bond motifs is 5. The summed E-state index contributed by atoms with van der Waals surface area (Å²) in [5.41, 5.74) is 7.47. The van der Waals surface area contributed by atoms with Gasteiger partial charge in [-0.25, -0.2) is 4.98 Å². The maximum absolute atomic E-state index is 8.32. The molecule has 4 aromatic carbocycles. The molecule has 0 spiro atoms. The average Bonchev–Trinajstić information content (AvgIpc) is 3.47. The number of aromatic nitrogens is 4. The Hall–Kier alpha value is -4.21. The van der Waals surface area contributed by atoms with Crippen LogP contribution in [0.25, 0.3) is 38.7 Å². The van der Waals surface area contributed by atoms with Gasteiger partial charge in [-0.1, -0.05) is 39.0 Å². The van der Waals surface area contributed by atoms with Crippen molar-refractivity contribution in [1.82, 2.24) is 18.7 Å². The van der Waals surface area contributed by atoms with E-state index in [9.17, 15) is 0 Å². The quantitative estimate of drug-likeness (QED) is 0.167. The number of para-hydroxylation sites is 3. The first-order chi connectivity index (χ1) is 23.5. The average molecular weight is 789 g/mol. The zero-order chi connectivity index (χ0) is 34.1. The third-order valence-corrected chi connectivity index (χ3v) is 10.5. The second kappa shape index (κ2) is 11.2. The Morgan fingerprint density at radius 2 is 1.54 bits per heavy atom. The molecule has 1 atom stereocenters. The number of nitrogens with zero attached hydrogens (tertiary/aromatic N) is 4. The number of hydrogen-bond acceptors (Lipinski definition) is 2. The molecule has 1 aliphatic carbocycles. The van der Waals surface area contributed by atoms with E-state index < -0.39 is 6.98 Å². The predicted octanol–water partition coefficient (Wildman–Crippen LogP) is 9.96. The van der Waals surface area contributed by atoms with Gasteiger partial charge in [0.05, 0.1) is 0 Å². The minimum absolute atomic E-state index is 0.00799. The molecule has 6 heteroatoms. The summed E-state index contributed by atoms with van der Waals surface area (Å²) in [6, 6.07) is 33.3. The molecule has 0 radical (unpaired) electrons. The van der Waals surface area contributed by atoms with Crippen molar-refractivity contribution in [3.05, 3.63) is 124 Å². The molecule has 0 bridgehead atoms. The van der Waals surface area contributed by atoms with Crippen LogP contribution in [0.4, 0.5) is 0 Å². The zero-order valence-corrected chi connectivity index (χ0v) is 28.5. The summed E-state index contributed by atoms with van der Waals surface area (Å²) in [7, 11) is 0. The summed E-state index contributed by atoms with van der Waals surface area (Å²) < 4.78 is 38.3. The topological polar surface area (TPSA) is 36.9 Å². The third-order valence-electron chi connectivity index (χ3n) is 9.42. The van der Waals surface area contributed by atoms with E-state index in [2.05, 4.69) is 116 Å². The molecule has 0 amide bonds. The number of benzene rings is 4. The van der Waals surface area contributed by atoms with E-state index in [1.807, 2.05) is 36.5 Å². The number of aryl methyl sites for hydroxylation is 2. The van der Waals surface area contributed by atoms with E-state index in [0.717, 1.165) is 70.5 Å². The van der Waals surface area contributed by atoms with E-state index in [-0.39, 0.29) is 11.5 Å². The van der Waals surface area contributed by atoms with Crippen molar-refractivity contribution in [3.8, 4) is 17.3 Å². The molecular formula is C40H38N4OPt. The molecule has 1 aliphatic rings. The van der Waals surface area contributed by atoms with Crippen molar-refractivity contribution < 1.29 is 28.2 Å². The van der Waals surface area contributed by atoms with E-state index in [1.54, 1.807) is 0 Å². The van der Waals surface area contributed by atoms with E-state index in [0.29, 0.717) is 3.80 Å². The fourth-order valence-electron chi connectivity index (χ4n) is 7.09. The molecule has 8 rings (SSSR count). The zero-order valence-electron chi connectivity index (χ0n) is 29.2. The van der Waals surface area contributed by atoms with Gasteiger partial charge in [-0.2, -0.15) is 0 Å². The Kier molecular flexibility index (Phi) is 6.34. The Balaban J connectivity index is 1.24. The van der Waals surface area contributed by atoms with Gasteiger partial charge >= 0.3 is 206 Å². The summed E-state index contributed by atoms with van der Waals surface area (Å²) in [6.07, 6.45) is 5.94. The summed E-state index contributed by atoms with van der Waals surface area (Å²) in [4.78, 5) is 4.83. The molecule has 5 nitrogen and oxygen atoms in total. The standard InChI is InChI=1S/C40H38N4O.Pt/c1-40(2,3)28-21-22-41-39(23-28)44-35-14-8-6-12-31(35)32-20-19-30(25-38(32)44)45-29-18-17-27-11-5-7-13-34(33(27)24-29)43-26-42(4)36-15-9-10-16-37(36)43;/h6,8-10,12,14-25,34H,5,7,11,13H2,1-4H3;/i4D3;. The number of pyridine rings is 1. The van der Waals surface area contributed by atoms with Gasteiger partial charge in [0.15, 0.2) is 0 Å². The first-order valence-corrected chi connectivity index (χ1v) is 17.1. The Labute approximate surface area is 284 Å². The van der Waals surface area contributed by atoms with Gasteiger partial charge < -0.3 is 0 Å². The molecule has 3 aromatic heterocycles. The molecule has 0 saturated heterocycles. The molecule has 0 N–H and O–H groups in total. The van der Waals surface area contributed by atoms with Crippen molar-refractivity contribution in [2.75, 3.05) is 0 Å². The molecule has 7 aromatic rings. The van der Waals surface area contributed by atoms with Crippen molar-refractivity contribution in [2.45, 2.75) is 57.9 Å². The van der Waals surface area contributed by atoms with Crippen LogP contribution >= 0.6 is 0 Å². The first-order valence-electron chi connectivity index (χ1n) is 17.5. The van der Waals surface area contributed by atoms with E-state index >= 15 is 0 Å². The Bertz CT molecular complexity index is 2450. The molecule has 234 valence electrons. The third kappa shape index (κ3) is 4.88. The fourth-order valence-corrected chi connectivity index (χ4v) is 7.99. The monoisotopic (exact) mass is 788 g/mol. The second-order valence-electron chi connectivity index (χ2n) is 13.3. The van der Waals surface area contributed by atoms with Crippen LogP contribution in [-0.4, -0.2) is 18.7 Å². The van der Waals surface area contributed by atoms with Crippen molar-refractivity contribution in [2.24, 2.45) is 6.98 Å². The summed E-state index contributed by atoms with van der Waals surface area (Å²) in [5.74, 6) is 2.39. The van der Waals surface area contributed by atoms with Crippen LogP contribution in [0.15, 0.2) is 103 Å². The van der Waals surface area contributed by atoms with Gasteiger partial charge in [-0.3, -0.25) is 0 Å². The van der Waals surface area contributed by atoms with Crippen LogP contribution in [0, 0.1) is 3.80 Å². The van der Waals surface area contributed by atoms with Gasteiger partial charge in [-0.05, 0) is 29.2 Å². The number of imidazole rings is 1. The number of ether oxygens (including phenoxy) is 1. The molecule has 0 fully saturated rings. The van der Waals surface area contributed by atoms with Crippen molar-refractivity contribution >= 4 is 32.8 Å². The van der Waals surface area contributed by atoms with Gasteiger partial charge in [0.2, 0.25) is 0 Å². The van der Waals surface area contributed by atoms with Gasteiger partial charge in [0.25, 0.3) is 0 Å². The molecule has 0 aliphatic heterocycles. The maximum atomic E-state index is 8.32. The predicted molar refractivity (Wildman–Crippen MR) is 184 cm³/mol. The van der Waals surface area contributed by atoms with Gasteiger partial charge in [0.1, 0.15) is 0 Å². The molecule has 1 unspecified atom stereocenters. The molecule has 0 saturated carbocycles. The van der Waals surface area contributed by atoms with E-state index in [4.69, 9.17) is 13.8 Å². The van der Waals surface area contributed by atoms with E-state index in [1.165, 1.54) is 26.6 Å². The van der Waals surface area contributed by atoms with Crippen LogP contribution in [0.5, 0.6) is 11.5 Å². The molecule has 46 heavy (non-hydrogen) atoms. The van der Waals surface area contributed by atoms with Crippen LogP contribution < -0.4 is 4.74 Å². The Morgan fingerprint density at radius 3 is 2.37 bits per heavy atom. The van der Waals surface area contributed by atoms with Crippen molar-refractivity contribution in [1.29, 1.82) is 0 Å². The van der Waals surface area contributed by atoms with Gasteiger partial charge in [-0.15, -0.1) is 0 Å². The summed E-state index contributed by atoms with van der Waals surface area (Å²) >= 11 is 2.19. The van der Waals surface area contributed by atoms with Crippen LogP contribution in [0.1, 0.15) is 66.9 Å². The fraction of sp³-hybridized carbons (Fsp3) is 0.250. The first kappa shape index (κ1) is 25.9. The van der Waals surface area contributed by atoms with Crippen molar-refractivity contribution in [3.63, 3.8) is 0 Å². The number of rotatable bonds is 4. The van der Waals surface area contributed by atoms with Crippen LogP contribution in [0.2, 0.25) is 0 Å². The number of hydrogen-bond donors (Lipinski definition) is 0. The summed E-state index contributed by atoms with van der Waals surface area (Å²) in [6.45, 7) is 4.38. The normalized spacial score (nSPS) is 16.6. The van der Waals surface area contributed by atoms with Crippen LogP contribution in [-0.2, 0) is 38.2 Å². The Morgan fingerprint density at radius 1 is 0.804 bits per heavy atom. The summed E-state index contributed by atoms with van der Waals surface area (Å²) in [5, 5.41) is 2.31. The molecular weight excluding hydrogens is 748 g/mol. The van der Waals surface area contributed by atoms with Gasteiger partial charge in [0, 0.05) is 6.20 Å². The second-order valence-corrected chi connectivity index (χ2v) is 14.4.